The van der Waals surface area contributed by atoms with E-state index in [2.05, 4.69) is 11.9 Å². The molecule has 132 valence electrons. The van der Waals surface area contributed by atoms with Crippen molar-refractivity contribution in [2.24, 2.45) is 5.73 Å². The number of aryl methyl sites for hydroxylation is 1. The fourth-order valence-electron chi connectivity index (χ4n) is 3.29. The Bertz CT molecular complexity index is 738. The van der Waals surface area contributed by atoms with Crippen molar-refractivity contribution >= 4 is 23.4 Å². The zero-order valence-electron chi connectivity index (χ0n) is 13.9. The van der Waals surface area contributed by atoms with Gasteiger partial charge in [-0.15, -0.1) is 0 Å². The fraction of sp³-hybridized carbons (Fsp3) is 0.389. The summed E-state index contributed by atoms with van der Waals surface area (Å²) in [6.07, 6.45) is 3.24. The number of nitrogens with zero attached hydrogens (tertiary/aromatic N) is 1. The van der Waals surface area contributed by atoms with Crippen molar-refractivity contribution in [1.29, 1.82) is 0 Å². The minimum absolute atomic E-state index is 0.0840. The highest BCUT2D eigenvalue weighted by atomic mass is 16.5. The molecular formula is C18H21N3O4. The smallest absolute Gasteiger partial charge is 0.252 e. The van der Waals surface area contributed by atoms with Crippen LogP contribution in [0.5, 0.6) is 0 Å². The van der Waals surface area contributed by atoms with Crippen LogP contribution in [0.1, 0.15) is 28.8 Å². The summed E-state index contributed by atoms with van der Waals surface area (Å²) in [5.74, 6) is -1.13. The van der Waals surface area contributed by atoms with Crippen molar-refractivity contribution in [2.75, 3.05) is 24.7 Å². The normalized spacial score (nSPS) is 22.2. The topological polar surface area (TPSA) is 102 Å². The van der Waals surface area contributed by atoms with E-state index in [-0.39, 0.29) is 18.4 Å². The van der Waals surface area contributed by atoms with Gasteiger partial charge in [-0.2, -0.15) is 0 Å². The Hall–Kier alpha value is -2.67. The molecule has 1 unspecified atom stereocenters. The lowest BCUT2D eigenvalue weighted by Gasteiger charge is -2.29. The highest BCUT2D eigenvalue weighted by Crippen LogP contribution is 2.29. The van der Waals surface area contributed by atoms with Gasteiger partial charge in [0.05, 0.1) is 6.61 Å². The van der Waals surface area contributed by atoms with Crippen molar-refractivity contribution in [3.63, 3.8) is 0 Å². The van der Waals surface area contributed by atoms with E-state index in [0.717, 1.165) is 24.1 Å². The average molecular weight is 343 g/mol. The number of hydrogen-bond acceptors (Lipinski definition) is 4. The molecule has 7 nitrogen and oxygen atoms in total. The fourth-order valence-corrected chi connectivity index (χ4v) is 3.29. The maximum Gasteiger partial charge on any atom is 0.252 e. The van der Waals surface area contributed by atoms with Crippen molar-refractivity contribution < 1.29 is 19.1 Å². The first-order valence-electron chi connectivity index (χ1n) is 8.24. The molecule has 2 heterocycles. The zero-order valence-corrected chi connectivity index (χ0v) is 13.9. The molecule has 0 aromatic heterocycles. The van der Waals surface area contributed by atoms with Crippen LogP contribution in [-0.2, 0) is 20.7 Å². The Balaban J connectivity index is 1.84. The predicted molar refractivity (Wildman–Crippen MR) is 92.1 cm³/mol. The maximum absolute atomic E-state index is 12.6. The first kappa shape index (κ1) is 17.2. The van der Waals surface area contributed by atoms with Gasteiger partial charge in [-0.05, 0) is 42.7 Å². The van der Waals surface area contributed by atoms with Crippen LogP contribution in [0.15, 0.2) is 30.9 Å². The third-order valence-corrected chi connectivity index (χ3v) is 4.75. The lowest BCUT2D eigenvalue weighted by molar-refractivity contribution is -0.124. The number of amides is 3. The molecule has 0 radical (unpaired) electrons. The summed E-state index contributed by atoms with van der Waals surface area (Å²) in [5.41, 5.74) is 6.44. The monoisotopic (exact) mass is 343 g/mol. The van der Waals surface area contributed by atoms with E-state index in [4.69, 9.17) is 10.5 Å². The number of carbonyl (C=O) groups excluding carboxylic acids is 3. The number of fused-ring (bicyclic) bond motifs is 1. The van der Waals surface area contributed by atoms with Gasteiger partial charge in [-0.25, -0.2) is 0 Å². The molecular weight excluding hydrogens is 322 g/mol. The molecule has 0 spiro atoms. The highest BCUT2D eigenvalue weighted by Gasteiger charge is 2.42. The van der Waals surface area contributed by atoms with Crippen molar-refractivity contribution in [2.45, 2.75) is 24.8 Å². The molecule has 0 aliphatic carbocycles. The van der Waals surface area contributed by atoms with Crippen molar-refractivity contribution in [3.8, 4) is 0 Å². The Kier molecular flexibility index (Phi) is 4.59. The molecule has 3 amide bonds. The number of carbonyl (C=O) groups is 3. The summed E-state index contributed by atoms with van der Waals surface area (Å²) in [7, 11) is 0. The van der Waals surface area contributed by atoms with Crippen LogP contribution < -0.4 is 16.0 Å². The first-order chi connectivity index (χ1) is 12.0. The van der Waals surface area contributed by atoms with Crippen LogP contribution in [0.4, 0.5) is 5.69 Å². The van der Waals surface area contributed by atoms with E-state index in [1.54, 1.807) is 23.1 Å². The van der Waals surface area contributed by atoms with Crippen LogP contribution in [0, 0.1) is 0 Å². The number of nitrogens with one attached hydrogen (secondary N) is 1. The van der Waals surface area contributed by atoms with Gasteiger partial charge in [-0.1, -0.05) is 6.58 Å². The molecule has 1 aromatic carbocycles. The minimum Gasteiger partial charge on any atom is -0.378 e. The molecule has 0 saturated carbocycles. The molecule has 1 aromatic rings. The quantitative estimate of drug-likeness (QED) is 0.778. The number of rotatable bonds is 4. The van der Waals surface area contributed by atoms with Gasteiger partial charge < -0.3 is 20.7 Å². The van der Waals surface area contributed by atoms with E-state index >= 15 is 0 Å². The third-order valence-electron chi connectivity index (χ3n) is 4.75. The number of anilines is 1. The highest BCUT2D eigenvalue weighted by molar-refractivity contribution is 6.03. The summed E-state index contributed by atoms with van der Waals surface area (Å²) in [6, 6.07) is 5.16. The van der Waals surface area contributed by atoms with E-state index in [1.165, 1.54) is 6.08 Å². The number of benzene rings is 1. The lowest BCUT2D eigenvalue weighted by Crippen LogP contribution is -2.58. The van der Waals surface area contributed by atoms with Crippen molar-refractivity contribution in [1.82, 2.24) is 5.32 Å². The summed E-state index contributed by atoms with van der Waals surface area (Å²) >= 11 is 0. The molecule has 7 heteroatoms. The van der Waals surface area contributed by atoms with E-state index in [1.807, 2.05) is 0 Å². The van der Waals surface area contributed by atoms with E-state index in [9.17, 15) is 14.4 Å². The summed E-state index contributed by atoms with van der Waals surface area (Å²) in [6.45, 7) is 4.62. The van der Waals surface area contributed by atoms with E-state index in [0.29, 0.717) is 25.1 Å². The summed E-state index contributed by atoms with van der Waals surface area (Å²) < 4.78 is 5.23. The molecule has 2 aliphatic heterocycles. The third kappa shape index (κ3) is 3.15. The molecule has 3 rings (SSSR count). The number of nitrogens with two attached hydrogens (primary N) is 1. The molecule has 3 N–H and O–H groups in total. The second-order valence-electron chi connectivity index (χ2n) is 6.34. The van der Waals surface area contributed by atoms with Crippen LogP contribution in [0.2, 0.25) is 0 Å². The van der Waals surface area contributed by atoms with Gasteiger partial charge in [0.1, 0.15) is 5.54 Å². The molecule has 25 heavy (non-hydrogen) atoms. The predicted octanol–water partition coefficient (Wildman–Crippen LogP) is 0.526. The second-order valence-corrected chi connectivity index (χ2v) is 6.34. The Morgan fingerprint density at radius 3 is 2.80 bits per heavy atom. The molecule has 1 saturated heterocycles. The van der Waals surface area contributed by atoms with Crippen LogP contribution in [0.25, 0.3) is 0 Å². The SMILES string of the molecule is C=CC(=O)N1CCCc2cc(C(=O)NC3(C(N)=O)CCOC3)ccc21. The molecule has 2 aliphatic rings. The van der Waals surface area contributed by atoms with Gasteiger partial charge in [-0.3, -0.25) is 14.4 Å². The Morgan fingerprint density at radius 2 is 2.16 bits per heavy atom. The van der Waals surface area contributed by atoms with Gasteiger partial charge in [0, 0.05) is 30.8 Å². The van der Waals surface area contributed by atoms with Gasteiger partial charge in [0.15, 0.2) is 0 Å². The van der Waals surface area contributed by atoms with Crippen LogP contribution in [0.3, 0.4) is 0 Å². The number of ether oxygens (including phenoxy) is 1. The van der Waals surface area contributed by atoms with Gasteiger partial charge in [0.2, 0.25) is 11.8 Å². The Morgan fingerprint density at radius 1 is 1.36 bits per heavy atom. The van der Waals surface area contributed by atoms with Gasteiger partial charge >= 0.3 is 0 Å². The Labute approximate surface area is 145 Å². The summed E-state index contributed by atoms with van der Waals surface area (Å²) in [4.78, 5) is 38.0. The largest absolute Gasteiger partial charge is 0.378 e. The first-order valence-corrected chi connectivity index (χ1v) is 8.24. The average Bonchev–Trinajstić information content (AvgIpc) is 3.10. The minimum atomic E-state index is -1.15. The van der Waals surface area contributed by atoms with Crippen LogP contribution >= 0.6 is 0 Å². The number of primary amides is 1. The zero-order chi connectivity index (χ0) is 18.0. The van der Waals surface area contributed by atoms with Crippen molar-refractivity contribution in [3.05, 3.63) is 42.0 Å². The summed E-state index contributed by atoms with van der Waals surface area (Å²) in [5, 5.41) is 2.72. The van der Waals surface area contributed by atoms with Crippen LogP contribution in [-0.4, -0.2) is 43.0 Å². The lowest BCUT2D eigenvalue weighted by atomic mass is 9.95. The molecule has 1 fully saturated rings. The molecule has 1 atom stereocenters. The van der Waals surface area contributed by atoms with E-state index < -0.39 is 11.4 Å². The number of hydrogen-bond donors (Lipinski definition) is 2. The van der Waals surface area contributed by atoms with Gasteiger partial charge in [0.25, 0.3) is 5.91 Å². The second kappa shape index (κ2) is 6.68. The maximum atomic E-state index is 12.6. The standard InChI is InChI=1S/C18H21N3O4/c1-2-15(22)21-8-3-4-12-10-13(5-6-14(12)21)16(23)20-18(17(19)24)7-9-25-11-18/h2,5-6,10H,1,3-4,7-9,11H2,(H2,19,24)(H,20,23). The molecule has 0 bridgehead atoms.